The fourth-order valence-electron chi connectivity index (χ4n) is 3.03. The lowest BCUT2D eigenvalue weighted by Gasteiger charge is -2.28. The largest absolute Gasteiger partial charge is 0.378 e. The van der Waals surface area contributed by atoms with Gasteiger partial charge in [-0.05, 0) is 47.9 Å². The number of nitrogens with one attached hydrogen (secondary N) is 1. The van der Waals surface area contributed by atoms with Crippen molar-refractivity contribution in [1.29, 1.82) is 0 Å². The van der Waals surface area contributed by atoms with Crippen LogP contribution in [0.5, 0.6) is 0 Å². The van der Waals surface area contributed by atoms with E-state index in [-0.39, 0.29) is 11.8 Å². The first-order chi connectivity index (χ1) is 11.9. The van der Waals surface area contributed by atoms with Gasteiger partial charge in [0.05, 0.1) is 0 Å². The third-order valence-corrected chi connectivity index (χ3v) is 4.55. The Balaban J connectivity index is 1.77. The van der Waals surface area contributed by atoms with E-state index >= 15 is 0 Å². The van der Waals surface area contributed by atoms with Gasteiger partial charge in [-0.1, -0.05) is 12.1 Å². The molecular formula is C20H23N3O2. The summed E-state index contributed by atoms with van der Waals surface area (Å²) in [5.41, 5.74) is 4.69. The molecule has 3 rings (SSSR count). The molecule has 0 unspecified atom stereocenters. The third kappa shape index (κ3) is 3.82. The van der Waals surface area contributed by atoms with Crippen molar-refractivity contribution in [2.45, 2.75) is 19.9 Å². The van der Waals surface area contributed by atoms with Crippen LogP contribution in [0.3, 0.4) is 0 Å². The minimum atomic E-state index is -0.136. The molecule has 0 saturated carbocycles. The zero-order valence-electron chi connectivity index (χ0n) is 14.9. The Bertz CT molecular complexity index is 814. The predicted octanol–water partition coefficient (Wildman–Crippen LogP) is 2.91. The quantitative estimate of drug-likeness (QED) is 0.937. The zero-order chi connectivity index (χ0) is 18.0. The van der Waals surface area contributed by atoms with Crippen LogP contribution in [0.15, 0.2) is 42.5 Å². The van der Waals surface area contributed by atoms with Crippen LogP contribution in [-0.2, 0) is 17.8 Å². The summed E-state index contributed by atoms with van der Waals surface area (Å²) in [6.07, 6.45) is 0.855. The van der Waals surface area contributed by atoms with E-state index < -0.39 is 0 Å². The summed E-state index contributed by atoms with van der Waals surface area (Å²) < 4.78 is 0. The van der Waals surface area contributed by atoms with Gasteiger partial charge in [0.15, 0.2) is 0 Å². The van der Waals surface area contributed by atoms with Crippen LogP contribution >= 0.6 is 0 Å². The van der Waals surface area contributed by atoms with Gasteiger partial charge >= 0.3 is 0 Å². The van der Waals surface area contributed by atoms with Gasteiger partial charge < -0.3 is 15.1 Å². The third-order valence-electron chi connectivity index (χ3n) is 4.55. The molecule has 0 aromatic heterocycles. The molecule has 2 aromatic carbocycles. The molecule has 1 N–H and O–H groups in total. The molecule has 5 nitrogen and oxygen atoms in total. The van der Waals surface area contributed by atoms with Gasteiger partial charge in [-0.2, -0.15) is 0 Å². The standard InChI is InChI=1S/C20H23N3O2/c1-14(24)23-10-9-15-7-8-18(11-17(15)13-23)21-20(25)16-5-4-6-19(12-16)22(2)3/h4-8,11-12H,9-10,13H2,1-3H3,(H,21,25). The smallest absolute Gasteiger partial charge is 0.255 e. The lowest BCUT2D eigenvalue weighted by Crippen LogP contribution is -2.34. The van der Waals surface area contributed by atoms with Gasteiger partial charge in [0.2, 0.25) is 5.91 Å². The van der Waals surface area contributed by atoms with Crippen molar-refractivity contribution < 1.29 is 9.59 Å². The Kier molecular flexibility index (Phi) is 4.74. The second-order valence-corrected chi connectivity index (χ2v) is 6.57. The molecule has 1 heterocycles. The summed E-state index contributed by atoms with van der Waals surface area (Å²) in [4.78, 5) is 27.9. The van der Waals surface area contributed by atoms with Crippen molar-refractivity contribution in [3.63, 3.8) is 0 Å². The Morgan fingerprint density at radius 3 is 2.60 bits per heavy atom. The molecular weight excluding hydrogens is 314 g/mol. The maximum absolute atomic E-state index is 12.5. The van der Waals surface area contributed by atoms with Crippen LogP contribution in [0.1, 0.15) is 28.4 Å². The summed E-state index contributed by atoms with van der Waals surface area (Å²) in [6.45, 7) is 2.95. The highest BCUT2D eigenvalue weighted by atomic mass is 16.2. The van der Waals surface area contributed by atoms with E-state index in [9.17, 15) is 9.59 Å². The maximum atomic E-state index is 12.5. The van der Waals surface area contributed by atoms with E-state index in [4.69, 9.17) is 0 Å². The van der Waals surface area contributed by atoms with Gasteiger partial charge in [0.1, 0.15) is 0 Å². The van der Waals surface area contributed by atoms with E-state index in [1.54, 1.807) is 13.0 Å². The molecule has 1 aliphatic heterocycles. The summed E-state index contributed by atoms with van der Waals surface area (Å²) in [6, 6.07) is 13.4. The molecule has 2 amide bonds. The molecule has 0 aliphatic carbocycles. The average molecular weight is 337 g/mol. The summed E-state index contributed by atoms with van der Waals surface area (Å²) in [7, 11) is 3.89. The molecule has 0 atom stereocenters. The molecule has 0 bridgehead atoms. The second-order valence-electron chi connectivity index (χ2n) is 6.57. The lowest BCUT2D eigenvalue weighted by molar-refractivity contribution is -0.129. The van der Waals surface area contributed by atoms with Gasteiger partial charge in [0, 0.05) is 51.0 Å². The molecule has 0 radical (unpaired) electrons. The highest BCUT2D eigenvalue weighted by Crippen LogP contribution is 2.23. The van der Waals surface area contributed by atoms with E-state index in [1.807, 2.05) is 60.3 Å². The van der Waals surface area contributed by atoms with Crippen LogP contribution in [0.4, 0.5) is 11.4 Å². The van der Waals surface area contributed by atoms with Crippen molar-refractivity contribution in [3.05, 3.63) is 59.2 Å². The Hall–Kier alpha value is -2.82. The van der Waals surface area contributed by atoms with E-state index in [0.717, 1.165) is 29.9 Å². The van der Waals surface area contributed by atoms with Gasteiger partial charge in [-0.25, -0.2) is 0 Å². The molecule has 0 saturated heterocycles. The molecule has 0 spiro atoms. The highest BCUT2D eigenvalue weighted by Gasteiger charge is 2.18. The van der Waals surface area contributed by atoms with Crippen LogP contribution in [0, 0.1) is 0 Å². The predicted molar refractivity (Wildman–Crippen MR) is 100.0 cm³/mol. The molecule has 25 heavy (non-hydrogen) atoms. The fourth-order valence-corrected chi connectivity index (χ4v) is 3.03. The SMILES string of the molecule is CC(=O)N1CCc2ccc(NC(=O)c3cccc(N(C)C)c3)cc2C1. The normalized spacial score (nSPS) is 13.2. The molecule has 5 heteroatoms. The number of rotatable bonds is 3. The topological polar surface area (TPSA) is 52.7 Å². The van der Waals surface area contributed by atoms with Gasteiger partial charge in [0.25, 0.3) is 5.91 Å². The Labute approximate surface area is 148 Å². The first kappa shape index (κ1) is 17.0. The Morgan fingerprint density at radius 1 is 1.08 bits per heavy atom. The van der Waals surface area contributed by atoms with Gasteiger partial charge in [-0.3, -0.25) is 9.59 Å². The van der Waals surface area contributed by atoms with Crippen molar-refractivity contribution in [2.24, 2.45) is 0 Å². The number of fused-ring (bicyclic) bond motifs is 1. The number of hydrogen-bond donors (Lipinski definition) is 1. The first-order valence-corrected chi connectivity index (χ1v) is 8.40. The number of carbonyl (C=O) groups excluding carboxylic acids is 2. The zero-order valence-corrected chi connectivity index (χ0v) is 14.9. The number of amides is 2. The lowest BCUT2D eigenvalue weighted by atomic mass is 9.99. The second kappa shape index (κ2) is 6.97. The fraction of sp³-hybridized carbons (Fsp3) is 0.300. The van der Waals surface area contributed by atoms with E-state index in [1.165, 1.54) is 5.56 Å². The monoisotopic (exact) mass is 337 g/mol. The minimum Gasteiger partial charge on any atom is -0.378 e. The van der Waals surface area contributed by atoms with Crippen LogP contribution in [0.2, 0.25) is 0 Å². The van der Waals surface area contributed by atoms with Crippen LogP contribution < -0.4 is 10.2 Å². The van der Waals surface area contributed by atoms with Crippen LogP contribution in [-0.4, -0.2) is 37.4 Å². The number of anilines is 2. The summed E-state index contributed by atoms with van der Waals surface area (Å²) in [5, 5.41) is 2.96. The van der Waals surface area contributed by atoms with E-state index in [0.29, 0.717) is 12.1 Å². The van der Waals surface area contributed by atoms with Crippen LogP contribution in [0.25, 0.3) is 0 Å². The number of carbonyl (C=O) groups is 2. The average Bonchev–Trinajstić information content (AvgIpc) is 2.61. The molecule has 130 valence electrons. The van der Waals surface area contributed by atoms with Crippen molar-refractivity contribution in [1.82, 2.24) is 4.90 Å². The van der Waals surface area contributed by atoms with Crippen molar-refractivity contribution >= 4 is 23.2 Å². The molecule has 0 fully saturated rings. The van der Waals surface area contributed by atoms with Gasteiger partial charge in [-0.15, -0.1) is 0 Å². The van der Waals surface area contributed by atoms with Crippen molar-refractivity contribution in [2.75, 3.05) is 30.9 Å². The number of benzene rings is 2. The number of hydrogen-bond acceptors (Lipinski definition) is 3. The molecule has 1 aliphatic rings. The highest BCUT2D eigenvalue weighted by molar-refractivity contribution is 6.04. The Morgan fingerprint density at radius 2 is 1.88 bits per heavy atom. The maximum Gasteiger partial charge on any atom is 0.255 e. The minimum absolute atomic E-state index is 0.0839. The number of nitrogens with zero attached hydrogens (tertiary/aromatic N) is 2. The van der Waals surface area contributed by atoms with Crippen molar-refractivity contribution in [3.8, 4) is 0 Å². The summed E-state index contributed by atoms with van der Waals surface area (Å²) in [5.74, 6) is -0.0523. The first-order valence-electron chi connectivity index (χ1n) is 8.40. The summed E-state index contributed by atoms with van der Waals surface area (Å²) >= 11 is 0. The molecule has 2 aromatic rings. The van der Waals surface area contributed by atoms with E-state index in [2.05, 4.69) is 5.32 Å².